The zero-order valence-corrected chi connectivity index (χ0v) is 16.3. The molecule has 1 saturated heterocycles. The first-order chi connectivity index (χ1) is 13.8. The third kappa shape index (κ3) is 3.40. The second-order valence-corrected chi connectivity index (χ2v) is 7.55. The van der Waals surface area contributed by atoms with Crippen LogP contribution in [0.1, 0.15) is 33.6 Å². The van der Waals surface area contributed by atoms with Gasteiger partial charge < -0.3 is 14.4 Å². The summed E-state index contributed by atoms with van der Waals surface area (Å²) >= 11 is 6.10. The lowest BCUT2D eigenvalue weighted by Crippen LogP contribution is -2.45. The van der Waals surface area contributed by atoms with Crippen LogP contribution in [0.4, 0.5) is 5.69 Å². The van der Waals surface area contributed by atoms with Gasteiger partial charge in [-0.05, 0) is 24.3 Å². The van der Waals surface area contributed by atoms with E-state index in [-0.39, 0.29) is 35.0 Å². The molecule has 9 heteroatoms. The number of rotatable bonds is 3. The Labute approximate surface area is 171 Å². The summed E-state index contributed by atoms with van der Waals surface area (Å²) in [5.74, 6) is 0.532. The fourth-order valence-electron chi connectivity index (χ4n) is 3.81. The normalized spacial score (nSPS) is 20.3. The van der Waals surface area contributed by atoms with Crippen molar-refractivity contribution < 1.29 is 24.0 Å². The minimum atomic E-state index is -0.818. The first-order valence-electron chi connectivity index (χ1n) is 8.95. The summed E-state index contributed by atoms with van der Waals surface area (Å²) in [5, 5.41) is 11.2. The van der Waals surface area contributed by atoms with E-state index in [4.69, 9.17) is 21.1 Å². The van der Waals surface area contributed by atoms with Crippen LogP contribution in [-0.4, -0.2) is 47.3 Å². The molecule has 2 aromatic carbocycles. The number of ether oxygens (including phenoxy) is 2. The number of hydrogen-bond acceptors (Lipinski definition) is 6. The van der Waals surface area contributed by atoms with E-state index in [0.717, 1.165) is 0 Å². The van der Waals surface area contributed by atoms with Crippen LogP contribution < -0.4 is 9.47 Å². The number of carbonyl (C=O) groups is 2. The lowest BCUT2D eigenvalue weighted by atomic mass is 9.89. The Morgan fingerprint density at radius 3 is 2.83 bits per heavy atom. The van der Waals surface area contributed by atoms with Gasteiger partial charge in [0.2, 0.25) is 0 Å². The van der Waals surface area contributed by atoms with Crippen molar-refractivity contribution in [3.8, 4) is 11.5 Å². The van der Waals surface area contributed by atoms with Gasteiger partial charge in [-0.3, -0.25) is 19.7 Å². The molecule has 2 aromatic rings. The van der Waals surface area contributed by atoms with Crippen molar-refractivity contribution in [2.75, 3.05) is 20.2 Å². The Kier molecular flexibility index (Phi) is 4.66. The highest BCUT2D eigenvalue weighted by Gasteiger charge is 2.47. The summed E-state index contributed by atoms with van der Waals surface area (Å²) in [5.41, 5.74) is -0.507. The number of nitrogens with zero attached hydrogens (tertiary/aromatic N) is 2. The maximum absolute atomic E-state index is 12.9. The smallest absolute Gasteiger partial charge is 0.270 e. The summed E-state index contributed by atoms with van der Waals surface area (Å²) in [7, 11) is 1.52. The molecular formula is C20H17ClN2O6. The van der Waals surface area contributed by atoms with Gasteiger partial charge in [0.25, 0.3) is 11.6 Å². The van der Waals surface area contributed by atoms with Crippen LogP contribution in [0.25, 0.3) is 0 Å². The number of carbonyl (C=O) groups excluding carboxylic acids is 2. The fraction of sp³-hybridized carbons (Fsp3) is 0.300. The number of hydrogen-bond donors (Lipinski definition) is 0. The van der Waals surface area contributed by atoms with Crippen molar-refractivity contribution in [2.24, 2.45) is 0 Å². The number of methoxy groups -OCH3 is 1. The molecular weight excluding hydrogens is 400 g/mol. The van der Waals surface area contributed by atoms with Crippen molar-refractivity contribution in [2.45, 2.75) is 18.4 Å². The van der Waals surface area contributed by atoms with Gasteiger partial charge in [-0.25, -0.2) is 0 Å². The number of nitro groups is 1. The molecule has 1 unspecified atom stereocenters. The molecule has 0 bridgehead atoms. The summed E-state index contributed by atoms with van der Waals surface area (Å²) < 4.78 is 11.3. The van der Waals surface area contributed by atoms with Crippen molar-refractivity contribution in [1.82, 2.24) is 4.90 Å². The molecule has 150 valence electrons. The average molecular weight is 417 g/mol. The maximum Gasteiger partial charge on any atom is 0.270 e. The molecule has 2 aliphatic rings. The van der Waals surface area contributed by atoms with E-state index in [1.807, 2.05) is 0 Å². The average Bonchev–Trinajstić information content (AvgIpc) is 3.10. The number of likely N-dealkylation sites (tertiary alicyclic amines) is 1. The van der Waals surface area contributed by atoms with Crippen molar-refractivity contribution in [3.05, 3.63) is 62.7 Å². The second kappa shape index (κ2) is 7.04. The molecule has 4 rings (SSSR count). The van der Waals surface area contributed by atoms with Gasteiger partial charge >= 0.3 is 0 Å². The zero-order valence-electron chi connectivity index (χ0n) is 15.5. The largest absolute Gasteiger partial charge is 0.497 e. The minimum absolute atomic E-state index is 0.0604. The Balaban J connectivity index is 1.58. The van der Waals surface area contributed by atoms with Crippen LogP contribution in [0, 0.1) is 10.1 Å². The zero-order chi connectivity index (χ0) is 20.8. The molecule has 0 N–H and O–H groups in total. The monoisotopic (exact) mass is 416 g/mol. The number of Topliss-reactive ketones (excluding diaryl/α,β-unsaturated/α-hetero) is 1. The standard InChI is InChI=1S/C20H17ClN2O6/c1-28-13-3-5-18-15(9-13)17(24)10-20(29-18)6-7-22(11-20)19(25)14-8-12(23(26)27)2-4-16(14)21/h2-5,8-9H,6-7,10-11H2,1H3. The minimum Gasteiger partial charge on any atom is -0.497 e. The van der Waals surface area contributed by atoms with E-state index in [1.54, 1.807) is 18.2 Å². The number of ketones is 1. The second-order valence-electron chi connectivity index (χ2n) is 7.15. The number of nitro benzene ring substituents is 1. The number of fused-ring (bicyclic) bond motifs is 1. The van der Waals surface area contributed by atoms with Crippen LogP contribution in [0.15, 0.2) is 36.4 Å². The maximum atomic E-state index is 12.9. The topological polar surface area (TPSA) is 99.0 Å². The molecule has 1 atom stereocenters. The molecule has 29 heavy (non-hydrogen) atoms. The SMILES string of the molecule is COc1ccc2c(c1)C(=O)CC1(CCN(C(=O)c3cc([N+](=O)[O-])ccc3Cl)C1)O2. The Morgan fingerprint density at radius 1 is 1.31 bits per heavy atom. The third-order valence-corrected chi connectivity index (χ3v) is 5.62. The van der Waals surface area contributed by atoms with Crippen LogP contribution in [-0.2, 0) is 0 Å². The lowest BCUT2D eigenvalue weighted by molar-refractivity contribution is -0.384. The van der Waals surface area contributed by atoms with Crippen molar-refractivity contribution in [3.63, 3.8) is 0 Å². The first kappa shape index (κ1) is 19.2. The number of benzene rings is 2. The Morgan fingerprint density at radius 2 is 2.10 bits per heavy atom. The van der Waals surface area contributed by atoms with Crippen LogP contribution in [0.5, 0.6) is 11.5 Å². The molecule has 8 nitrogen and oxygen atoms in total. The molecule has 1 fully saturated rings. The molecule has 2 heterocycles. The van der Waals surface area contributed by atoms with E-state index in [1.165, 1.54) is 30.2 Å². The highest BCUT2D eigenvalue weighted by atomic mass is 35.5. The van der Waals surface area contributed by atoms with E-state index < -0.39 is 16.4 Å². The highest BCUT2D eigenvalue weighted by molar-refractivity contribution is 6.34. The van der Waals surface area contributed by atoms with Crippen LogP contribution in [0.2, 0.25) is 5.02 Å². The summed E-state index contributed by atoms with van der Waals surface area (Å²) in [6.07, 6.45) is 0.613. The van der Waals surface area contributed by atoms with Crippen LogP contribution in [0.3, 0.4) is 0 Å². The number of non-ortho nitro benzene ring substituents is 1. The summed E-state index contributed by atoms with van der Waals surface area (Å²) in [6, 6.07) is 8.80. The summed E-state index contributed by atoms with van der Waals surface area (Å²) in [4.78, 5) is 37.6. The summed E-state index contributed by atoms with van der Waals surface area (Å²) in [6.45, 7) is 0.554. The van der Waals surface area contributed by atoms with Gasteiger partial charge in [0.15, 0.2) is 5.78 Å². The van der Waals surface area contributed by atoms with E-state index in [0.29, 0.717) is 30.0 Å². The van der Waals surface area contributed by atoms with Gasteiger partial charge in [0.1, 0.15) is 17.1 Å². The molecule has 0 aromatic heterocycles. The highest BCUT2D eigenvalue weighted by Crippen LogP contribution is 2.40. The Hall–Kier alpha value is -3.13. The molecule has 0 aliphatic carbocycles. The molecule has 1 spiro atoms. The van der Waals surface area contributed by atoms with Gasteiger partial charge in [-0.1, -0.05) is 11.6 Å². The van der Waals surface area contributed by atoms with Gasteiger partial charge in [0.05, 0.1) is 41.1 Å². The molecule has 0 saturated carbocycles. The van der Waals surface area contributed by atoms with Crippen LogP contribution >= 0.6 is 11.6 Å². The van der Waals surface area contributed by atoms with Crippen molar-refractivity contribution >= 4 is 29.0 Å². The number of halogens is 1. The van der Waals surface area contributed by atoms with Gasteiger partial charge in [-0.15, -0.1) is 0 Å². The predicted molar refractivity (Wildman–Crippen MR) is 104 cm³/mol. The van der Waals surface area contributed by atoms with E-state index in [2.05, 4.69) is 0 Å². The van der Waals surface area contributed by atoms with E-state index in [9.17, 15) is 19.7 Å². The predicted octanol–water partition coefficient (Wildman–Crippen LogP) is 3.51. The van der Waals surface area contributed by atoms with Gasteiger partial charge in [-0.2, -0.15) is 0 Å². The fourth-order valence-corrected chi connectivity index (χ4v) is 4.01. The first-order valence-corrected chi connectivity index (χ1v) is 9.33. The molecule has 0 radical (unpaired) electrons. The molecule has 2 aliphatic heterocycles. The molecule has 1 amide bonds. The number of amides is 1. The Bertz CT molecular complexity index is 1040. The van der Waals surface area contributed by atoms with E-state index >= 15 is 0 Å². The quantitative estimate of drug-likeness (QED) is 0.560. The van der Waals surface area contributed by atoms with Gasteiger partial charge in [0, 0.05) is 25.1 Å². The third-order valence-electron chi connectivity index (χ3n) is 5.29. The lowest BCUT2D eigenvalue weighted by Gasteiger charge is -2.34. The van der Waals surface area contributed by atoms with Crippen molar-refractivity contribution in [1.29, 1.82) is 0 Å².